The van der Waals surface area contributed by atoms with Crippen LogP contribution in [0.2, 0.25) is 0 Å². The lowest BCUT2D eigenvalue weighted by molar-refractivity contribution is -0.885. The summed E-state index contributed by atoms with van der Waals surface area (Å²) in [6, 6.07) is 12.3. The van der Waals surface area contributed by atoms with Crippen molar-refractivity contribution in [3.8, 4) is 0 Å². The van der Waals surface area contributed by atoms with Crippen molar-refractivity contribution in [2.45, 2.75) is 13.5 Å². The Morgan fingerprint density at radius 2 is 1.68 bits per heavy atom. The highest BCUT2D eigenvalue weighted by Crippen LogP contribution is 2.19. The highest BCUT2D eigenvalue weighted by atomic mass is 16.5. The molecule has 0 bridgehead atoms. The van der Waals surface area contributed by atoms with Gasteiger partial charge in [-0.3, -0.25) is 4.79 Å². The third-order valence-electron chi connectivity index (χ3n) is 4.34. The number of methoxy groups -OCH3 is 2. The van der Waals surface area contributed by atoms with Crippen LogP contribution in [0.25, 0.3) is 0 Å². The van der Waals surface area contributed by atoms with Crippen LogP contribution >= 0.6 is 0 Å². The normalized spacial score (nSPS) is 11.4. The van der Waals surface area contributed by atoms with Crippen LogP contribution in [0.5, 0.6) is 0 Å². The molecule has 7 nitrogen and oxygen atoms in total. The first-order valence-corrected chi connectivity index (χ1v) is 8.82. The van der Waals surface area contributed by atoms with Gasteiger partial charge in [-0.2, -0.15) is 0 Å². The molecule has 2 aromatic rings. The van der Waals surface area contributed by atoms with Gasteiger partial charge in [0.05, 0.1) is 38.1 Å². The number of carbonyl (C=O) groups excluding carboxylic acids is 3. The zero-order valence-corrected chi connectivity index (χ0v) is 16.5. The zero-order chi connectivity index (χ0) is 20.7. The number of benzene rings is 2. The molecular weight excluding hydrogens is 360 g/mol. The second-order valence-electron chi connectivity index (χ2n) is 6.53. The Morgan fingerprint density at radius 1 is 1.00 bits per heavy atom. The fourth-order valence-corrected chi connectivity index (χ4v) is 2.84. The van der Waals surface area contributed by atoms with Crippen molar-refractivity contribution in [2.75, 3.05) is 33.1 Å². The number of quaternary nitrogens is 1. The lowest BCUT2D eigenvalue weighted by Crippen LogP contribution is -3.08. The molecular formula is C21H25N2O5+. The molecule has 1 atom stereocenters. The van der Waals surface area contributed by atoms with Gasteiger partial charge in [-0.05, 0) is 30.7 Å². The van der Waals surface area contributed by atoms with Crippen LogP contribution in [-0.2, 0) is 20.8 Å². The molecule has 0 aliphatic carbocycles. The predicted octanol–water partition coefficient (Wildman–Crippen LogP) is 1.22. The van der Waals surface area contributed by atoms with E-state index in [1.807, 2.05) is 38.2 Å². The summed E-state index contributed by atoms with van der Waals surface area (Å²) in [4.78, 5) is 37.2. The number of rotatable bonds is 7. The molecule has 0 aromatic heterocycles. The molecule has 2 rings (SSSR count). The van der Waals surface area contributed by atoms with Crippen molar-refractivity contribution in [1.29, 1.82) is 0 Å². The first kappa shape index (κ1) is 21.1. The molecule has 0 spiro atoms. The Kier molecular flexibility index (Phi) is 7.28. The summed E-state index contributed by atoms with van der Waals surface area (Å²) in [6.07, 6.45) is 0. The Bertz CT molecular complexity index is 879. The molecule has 1 amide bonds. The molecule has 2 aromatic carbocycles. The minimum absolute atomic E-state index is 0.167. The minimum atomic E-state index is -0.604. The third-order valence-corrected chi connectivity index (χ3v) is 4.34. The molecule has 1 unspecified atom stereocenters. The Hall–Kier alpha value is -3.19. The zero-order valence-electron chi connectivity index (χ0n) is 16.5. The van der Waals surface area contributed by atoms with Crippen molar-refractivity contribution >= 4 is 23.5 Å². The molecule has 0 fully saturated rings. The van der Waals surface area contributed by atoms with Crippen LogP contribution in [0, 0.1) is 6.92 Å². The van der Waals surface area contributed by atoms with Crippen molar-refractivity contribution in [1.82, 2.24) is 0 Å². The van der Waals surface area contributed by atoms with Crippen molar-refractivity contribution in [2.24, 2.45) is 0 Å². The van der Waals surface area contributed by atoms with Crippen molar-refractivity contribution < 1.29 is 28.8 Å². The molecule has 28 heavy (non-hydrogen) atoms. The number of likely N-dealkylation sites (N-methyl/N-ethyl adjacent to an activating group) is 1. The average Bonchev–Trinajstić information content (AvgIpc) is 2.68. The SMILES string of the molecule is COC(=O)c1ccc(C(=O)OC)c(NC(=O)C[NH+](C)Cc2ccccc2C)c1. The summed E-state index contributed by atoms with van der Waals surface area (Å²) in [5.74, 6) is -1.44. The monoisotopic (exact) mass is 385 g/mol. The maximum Gasteiger partial charge on any atom is 0.339 e. The van der Waals surface area contributed by atoms with Crippen LogP contribution in [0.4, 0.5) is 5.69 Å². The molecule has 0 saturated heterocycles. The number of amides is 1. The number of ether oxygens (including phenoxy) is 2. The quantitative estimate of drug-likeness (QED) is 0.700. The van der Waals surface area contributed by atoms with Crippen LogP contribution in [0.3, 0.4) is 0 Å². The summed E-state index contributed by atoms with van der Waals surface area (Å²) in [5.41, 5.74) is 2.94. The predicted molar refractivity (Wildman–Crippen MR) is 104 cm³/mol. The smallest absolute Gasteiger partial charge is 0.339 e. The second-order valence-corrected chi connectivity index (χ2v) is 6.53. The largest absolute Gasteiger partial charge is 0.465 e. The van der Waals surface area contributed by atoms with E-state index in [1.165, 1.54) is 38.0 Å². The number of aryl methyl sites for hydroxylation is 1. The molecule has 0 heterocycles. The Labute approximate surface area is 164 Å². The van der Waals surface area contributed by atoms with Gasteiger partial charge >= 0.3 is 11.9 Å². The van der Waals surface area contributed by atoms with Crippen LogP contribution in [-0.4, -0.2) is 45.7 Å². The Morgan fingerprint density at radius 3 is 2.32 bits per heavy atom. The number of nitrogens with one attached hydrogen (secondary N) is 2. The Balaban J connectivity index is 2.13. The van der Waals surface area contributed by atoms with E-state index in [-0.39, 0.29) is 29.3 Å². The van der Waals surface area contributed by atoms with Gasteiger partial charge in [-0.25, -0.2) is 9.59 Å². The van der Waals surface area contributed by atoms with E-state index >= 15 is 0 Å². The molecule has 2 N–H and O–H groups in total. The molecule has 0 aliphatic heterocycles. The van der Waals surface area contributed by atoms with Crippen LogP contribution in [0.1, 0.15) is 31.8 Å². The molecule has 0 saturated carbocycles. The van der Waals surface area contributed by atoms with Gasteiger partial charge in [0.1, 0.15) is 6.54 Å². The average molecular weight is 385 g/mol. The van der Waals surface area contributed by atoms with E-state index in [0.717, 1.165) is 10.5 Å². The molecule has 7 heteroatoms. The fourth-order valence-electron chi connectivity index (χ4n) is 2.84. The van der Waals surface area contributed by atoms with Crippen molar-refractivity contribution in [3.05, 3.63) is 64.7 Å². The fraction of sp³-hybridized carbons (Fsp3) is 0.286. The maximum absolute atomic E-state index is 12.5. The first-order chi connectivity index (χ1) is 13.3. The van der Waals surface area contributed by atoms with E-state index in [2.05, 4.69) is 5.32 Å². The van der Waals surface area contributed by atoms with Crippen molar-refractivity contribution in [3.63, 3.8) is 0 Å². The van der Waals surface area contributed by atoms with Gasteiger partial charge in [0.2, 0.25) is 0 Å². The van der Waals surface area contributed by atoms with Gasteiger partial charge in [-0.1, -0.05) is 24.3 Å². The van der Waals surface area contributed by atoms with Gasteiger partial charge in [0.15, 0.2) is 6.54 Å². The lowest BCUT2D eigenvalue weighted by Gasteiger charge is -2.16. The highest BCUT2D eigenvalue weighted by molar-refractivity contribution is 6.03. The maximum atomic E-state index is 12.5. The van der Waals surface area contributed by atoms with Gasteiger partial charge in [0, 0.05) is 5.56 Å². The topological polar surface area (TPSA) is 86.1 Å². The van der Waals surface area contributed by atoms with E-state index in [9.17, 15) is 14.4 Å². The molecule has 0 aliphatic rings. The molecule has 148 valence electrons. The van der Waals surface area contributed by atoms with E-state index in [1.54, 1.807) is 0 Å². The minimum Gasteiger partial charge on any atom is -0.465 e. The number of hydrogen-bond acceptors (Lipinski definition) is 5. The second kappa shape index (κ2) is 9.66. The summed E-state index contributed by atoms with van der Waals surface area (Å²) in [6.45, 7) is 2.91. The molecule has 0 radical (unpaired) electrons. The summed E-state index contributed by atoms with van der Waals surface area (Å²) in [7, 11) is 4.43. The standard InChI is InChI=1S/C21H24N2O5/c1-14-7-5-6-8-16(14)12-23(2)13-19(24)22-18-11-15(20(25)27-3)9-10-17(18)21(26)28-4/h5-11H,12-13H2,1-4H3,(H,22,24)/p+1. The third kappa shape index (κ3) is 5.40. The first-order valence-electron chi connectivity index (χ1n) is 8.82. The summed E-state index contributed by atoms with van der Waals surface area (Å²) in [5, 5.41) is 2.71. The number of carbonyl (C=O) groups is 3. The van der Waals surface area contributed by atoms with Crippen LogP contribution in [0.15, 0.2) is 42.5 Å². The lowest BCUT2D eigenvalue weighted by atomic mass is 10.1. The van der Waals surface area contributed by atoms with Gasteiger partial charge in [-0.15, -0.1) is 0 Å². The van der Waals surface area contributed by atoms with E-state index in [4.69, 9.17) is 9.47 Å². The highest BCUT2D eigenvalue weighted by Gasteiger charge is 2.19. The number of anilines is 1. The van der Waals surface area contributed by atoms with Gasteiger partial charge < -0.3 is 19.7 Å². The van der Waals surface area contributed by atoms with E-state index in [0.29, 0.717) is 6.54 Å². The van der Waals surface area contributed by atoms with E-state index < -0.39 is 11.9 Å². The van der Waals surface area contributed by atoms with Crippen LogP contribution < -0.4 is 10.2 Å². The van der Waals surface area contributed by atoms with Gasteiger partial charge in [0.25, 0.3) is 5.91 Å². The summed E-state index contributed by atoms with van der Waals surface area (Å²) < 4.78 is 9.44. The number of esters is 2. The number of hydrogen-bond donors (Lipinski definition) is 2. The summed E-state index contributed by atoms with van der Waals surface area (Å²) >= 11 is 0.